The van der Waals surface area contributed by atoms with E-state index in [1.165, 1.54) is 16.9 Å². The van der Waals surface area contributed by atoms with Crippen molar-refractivity contribution in [1.29, 1.82) is 0 Å². The third-order valence-corrected chi connectivity index (χ3v) is 4.86. The van der Waals surface area contributed by atoms with Gasteiger partial charge in [0.05, 0.1) is 0 Å². The van der Waals surface area contributed by atoms with Crippen LogP contribution in [0.3, 0.4) is 0 Å². The standard InChI is InChI=1S/C18H32N2S/c1-5-20(6-2)11-12-21-14-18(19)17-9-7-16(8-10-17)13-15(3)4/h7-10,15,18H,5-6,11-14,19H2,1-4H3. The smallest absolute Gasteiger partial charge is 0.0386 e. The minimum atomic E-state index is 0.153. The number of nitrogens with zero attached hydrogens (tertiary/aromatic N) is 1. The van der Waals surface area contributed by atoms with Gasteiger partial charge in [0.15, 0.2) is 0 Å². The van der Waals surface area contributed by atoms with Crippen LogP contribution in [0, 0.1) is 5.92 Å². The molecule has 1 atom stereocenters. The van der Waals surface area contributed by atoms with Gasteiger partial charge in [-0.1, -0.05) is 52.0 Å². The summed E-state index contributed by atoms with van der Waals surface area (Å²) in [6, 6.07) is 9.02. The zero-order valence-corrected chi connectivity index (χ0v) is 15.0. The van der Waals surface area contributed by atoms with Gasteiger partial charge in [-0.05, 0) is 36.6 Å². The zero-order valence-electron chi connectivity index (χ0n) is 14.1. The molecule has 0 saturated carbocycles. The molecule has 120 valence electrons. The average molecular weight is 309 g/mol. The Hall–Kier alpha value is -0.510. The van der Waals surface area contributed by atoms with Crippen molar-refractivity contribution in [2.75, 3.05) is 31.1 Å². The molecule has 1 rings (SSSR count). The maximum atomic E-state index is 6.29. The second kappa shape index (κ2) is 10.3. The SMILES string of the molecule is CCN(CC)CCSCC(N)c1ccc(CC(C)C)cc1. The number of rotatable bonds is 10. The average Bonchev–Trinajstić information content (AvgIpc) is 2.47. The number of hydrogen-bond acceptors (Lipinski definition) is 3. The van der Waals surface area contributed by atoms with Crippen LogP contribution < -0.4 is 5.73 Å². The second-order valence-corrected chi connectivity index (χ2v) is 7.20. The van der Waals surface area contributed by atoms with E-state index in [4.69, 9.17) is 5.73 Å². The monoisotopic (exact) mass is 308 g/mol. The van der Waals surface area contributed by atoms with Crippen LogP contribution in [0.5, 0.6) is 0 Å². The van der Waals surface area contributed by atoms with Crippen molar-refractivity contribution in [3.05, 3.63) is 35.4 Å². The van der Waals surface area contributed by atoms with Crippen LogP contribution in [-0.2, 0) is 6.42 Å². The number of nitrogens with two attached hydrogens (primary N) is 1. The third kappa shape index (κ3) is 7.35. The fourth-order valence-corrected chi connectivity index (χ4v) is 3.41. The van der Waals surface area contributed by atoms with Crippen LogP contribution in [0.4, 0.5) is 0 Å². The molecular formula is C18H32N2S. The summed E-state index contributed by atoms with van der Waals surface area (Å²) in [6.07, 6.45) is 1.15. The first-order valence-corrected chi connectivity index (χ1v) is 9.36. The minimum Gasteiger partial charge on any atom is -0.323 e. The summed E-state index contributed by atoms with van der Waals surface area (Å²) in [7, 11) is 0. The van der Waals surface area contributed by atoms with Gasteiger partial charge >= 0.3 is 0 Å². The van der Waals surface area contributed by atoms with E-state index >= 15 is 0 Å². The fourth-order valence-electron chi connectivity index (χ4n) is 2.41. The summed E-state index contributed by atoms with van der Waals surface area (Å²) in [5, 5.41) is 0. The molecule has 1 aromatic rings. The lowest BCUT2D eigenvalue weighted by Gasteiger charge is -2.18. The molecule has 0 radical (unpaired) electrons. The van der Waals surface area contributed by atoms with Crippen molar-refractivity contribution in [2.45, 2.75) is 40.2 Å². The summed E-state index contributed by atoms with van der Waals surface area (Å²) in [5.74, 6) is 2.88. The fraction of sp³-hybridized carbons (Fsp3) is 0.667. The molecule has 0 aliphatic carbocycles. The Morgan fingerprint density at radius 1 is 1.10 bits per heavy atom. The molecule has 21 heavy (non-hydrogen) atoms. The zero-order chi connectivity index (χ0) is 15.7. The highest BCUT2D eigenvalue weighted by Crippen LogP contribution is 2.18. The maximum Gasteiger partial charge on any atom is 0.0386 e. The normalized spacial score (nSPS) is 13.1. The molecule has 0 amide bonds. The molecule has 1 unspecified atom stereocenters. The molecule has 3 heteroatoms. The third-order valence-electron chi connectivity index (χ3n) is 3.80. The lowest BCUT2D eigenvalue weighted by atomic mass is 10.0. The van der Waals surface area contributed by atoms with Gasteiger partial charge in [-0.2, -0.15) is 11.8 Å². The van der Waals surface area contributed by atoms with Crippen molar-refractivity contribution in [3.8, 4) is 0 Å². The van der Waals surface area contributed by atoms with Crippen LogP contribution in [0.25, 0.3) is 0 Å². The first kappa shape index (κ1) is 18.5. The van der Waals surface area contributed by atoms with Crippen molar-refractivity contribution >= 4 is 11.8 Å². The van der Waals surface area contributed by atoms with Gasteiger partial charge in [-0.25, -0.2) is 0 Å². The van der Waals surface area contributed by atoms with Gasteiger partial charge in [-0.15, -0.1) is 0 Å². The lowest BCUT2D eigenvalue weighted by molar-refractivity contribution is 0.324. The summed E-state index contributed by atoms with van der Waals surface area (Å²) < 4.78 is 0. The molecule has 0 aliphatic rings. The molecule has 0 aromatic heterocycles. The molecule has 0 heterocycles. The van der Waals surface area contributed by atoms with Crippen molar-refractivity contribution < 1.29 is 0 Å². The van der Waals surface area contributed by atoms with Crippen molar-refractivity contribution in [1.82, 2.24) is 4.90 Å². The van der Waals surface area contributed by atoms with E-state index < -0.39 is 0 Å². The first-order chi connectivity index (χ1) is 10.1. The van der Waals surface area contributed by atoms with Crippen LogP contribution in [0.1, 0.15) is 44.9 Å². The molecule has 2 N–H and O–H groups in total. The highest BCUT2D eigenvalue weighted by molar-refractivity contribution is 7.99. The van der Waals surface area contributed by atoms with E-state index in [-0.39, 0.29) is 6.04 Å². The van der Waals surface area contributed by atoms with Gasteiger partial charge in [0.25, 0.3) is 0 Å². The van der Waals surface area contributed by atoms with Crippen LogP contribution >= 0.6 is 11.8 Å². The molecular weight excluding hydrogens is 276 g/mol. The van der Waals surface area contributed by atoms with E-state index in [1.54, 1.807) is 0 Å². The molecule has 0 saturated heterocycles. The van der Waals surface area contributed by atoms with Gasteiger partial charge in [0, 0.05) is 24.1 Å². The van der Waals surface area contributed by atoms with Gasteiger partial charge in [0.1, 0.15) is 0 Å². The molecule has 2 nitrogen and oxygen atoms in total. The lowest BCUT2D eigenvalue weighted by Crippen LogP contribution is -2.25. The van der Waals surface area contributed by atoms with E-state index in [2.05, 4.69) is 56.9 Å². The Morgan fingerprint density at radius 3 is 2.24 bits per heavy atom. The van der Waals surface area contributed by atoms with E-state index in [0.29, 0.717) is 5.92 Å². The van der Waals surface area contributed by atoms with Gasteiger partial charge < -0.3 is 10.6 Å². The number of benzene rings is 1. The van der Waals surface area contributed by atoms with Crippen molar-refractivity contribution in [3.63, 3.8) is 0 Å². The number of thioether (sulfide) groups is 1. The topological polar surface area (TPSA) is 29.3 Å². The Morgan fingerprint density at radius 2 is 1.71 bits per heavy atom. The Labute approximate surface area is 135 Å². The molecule has 0 bridgehead atoms. The van der Waals surface area contributed by atoms with Gasteiger partial charge in [0.2, 0.25) is 0 Å². The van der Waals surface area contributed by atoms with Crippen LogP contribution in [0.2, 0.25) is 0 Å². The summed E-state index contributed by atoms with van der Waals surface area (Å²) >= 11 is 1.96. The summed E-state index contributed by atoms with van der Waals surface area (Å²) in [6.45, 7) is 12.4. The van der Waals surface area contributed by atoms with Crippen molar-refractivity contribution in [2.24, 2.45) is 11.7 Å². The Kier molecular flexibility index (Phi) is 9.05. The van der Waals surface area contributed by atoms with Crippen LogP contribution in [-0.4, -0.2) is 36.0 Å². The highest BCUT2D eigenvalue weighted by atomic mass is 32.2. The number of hydrogen-bond donors (Lipinski definition) is 1. The molecule has 0 fully saturated rings. The predicted octanol–water partition coefficient (Wildman–Crippen LogP) is 3.96. The minimum absolute atomic E-state index is 0.153. The molecule has 0 aliphatic heterocycles. The van der Waals surface area contributed by atoms with Gasteiger partial charge in [-0.3, -0.25) is 0 Å². The molecule has 0 spiro atoms. The van der Waals surface area contributed by atoms with E-state index in [0.717, 1.165) is 31.8 Å². The quantitative estimate of drug-likeness (QED) is 0.663. The van der Waals surface area contributed by atoms with Crippen LogP contribution in [0.15, 0.2) is 24.3 Å². The highest BCUT2D eigenvalue weighted by Gasteiger charge is 2.07. The molecule has 1 aromatic carbocycles. The largest absolute Gasteiger partial charge is 0.323 e. The van der Waals surface area contributed by atoms with E-state index in [1.807, 2.05) is 11.8 Å². The Bertz CT molecular complexity index is 371. The predicted molar refractivity (Wildman–Crippen MR) is 97.0 cm³/mol. The summed E-state index contributed by atoms with van der Waals surface area (Å²) in [5.41, 5.74) is 8.97. The summed E-state index contributed by atoms with van der Waals surface area (Å²) in [4.78, 5) is 2.46. The maximum absolute atomic E-state index is 6.29. The first-order valence-electron chi connectivity index (χ1n) is 8.21. The second-order valence-electron chi connectivity index (χ2n) is 6.05. The van der Waals surface area contributed by atoms with E-state index in [9.17, 15) is 0 Å². The Balaban J connectivity index is 2.33.